The third kappa shape index (κ3) is 4.73. The van der Waals surface area contributed by atoms with Crippen molar-refractivity contribution in [1.29, 1.82) is 0 Å². The number of amides is 1. The van der Waals surface area contributed by atoms with Gasteiger partial charge in [0.05, 0.1) is 17.8 Å². The monoisotopic (exact) mass is 518 g/mol. The van der Waals surface area contributed by atoms with Gasteiger partial charge in [0.2, 0.25) is 5.91 Å². The number of anilines is 2. The Morgan fingerprint density at radius 2 is 1.65 bits per heavy atom. The molecule has 1 saturated heterocycles. The van der Waals surface area contributed by atoms with Crippen molar-refractivity contribution in [1.82, 2.24) is 0 Å². The molecule has 160 valence electrons. The average Bonchev–Trinajstić information content (AvgIpc) is 3.16. The van der Waals surface area contributed by atoms with E-state index in [0.29, 0.717) is 11.4 Å². The summed E-state index contributed by atoms with van der Waals surface area (Å²) < 4.78 is 33.8. The zero-order valence-electron chi connectivity index (χ0n) is 16.5. The minimum absolute atomic E-state index is 0.0279. The Bertz CT molecular complexity index is 1180. The van der Waals surface area contributed by atoms with Gasteiger partial charge in [0.15, 0.2) is 0 Å². The first kappa shape index (κ1) is 21.7. The highest BCUT2D eigenvalue weighted by molar-refractivity contribution is 9.10. The van der Waals surface area contributed by atoms with Gasteiger partial charge in [-0.2, -0.15) is 0 Å². The summed E-state index contributed by atoms with van der Waals surface area (Å²) in [7, 11) is -2.09. The van der Waals surface area contributed by atoms with Gasteiger partial charge in [-0.15, -0.1) is 11.8 Å². The van der Waals surface area contributed by atoms with Gasteiger partial charge in [-0.25, -0.2) is 8.42 Å². The van der Waals surface area contributed by atoms with Gasteiger partial charge >= 0.3 is 0 Å². The summed E-state index contributed by atoms with van der Waals surface area (Å²) >= 11 is 4.84. The Hall–Kier alpha value is -2.49. The molecule has 1 aliphatic rings. The van der Waals surface area contributed by atoms with Crippen molar-refractivity contribution in [3.63, 3.8) is 0 Å². The van der Waals surface area contributed by atoms with Gasteiger partial charge in [0.25, 0.3) is 10.0 Å². The van der Waals surface area contributed by atoms with Crippen LogP contribution in [-0.4, -0.2) is 27.2 Å². The number of nitrogens with one attached hydrogen (secondary N) is 1. The Kier molecular flexibility index (Phi) is 6.27. The smallest absolute Gasteiger partial charge is 0.261 e. The lowest BCUT2D eigenvalue weighted by Crippen LogP contribution is -2.27. The number of nitrogens with zero attached hydrogens (tertiary/aromatic N) is 1. The fourth-order valence-corrected chi connectivity index (χ4v) is 5.74. The molecule has 0 aliphatic carbocycles. The number of hydrogen-bond donors (Lipinski definition) is 1. The number of sulfonamides is 1. The molecular formula is C22H19BrN2O4S2. The molecule has 0 aromatic heterocycles. The van der Waals surface area contributed by atoms with Gasteiger partial charge in [-0.1, -0.05) is 28.1 Å². The molecule has 31 heavy (non-hydrogen) atoms. The molecule has 0 bridgehead atoms. The van der Waals surface area contributed by atoms with Crippen molar-refractivity contribution in [3.8, 4) is 5.75 Å². The highest BCUT2D eigenvalue weighted by Crippen LogP contribution is 2.42. The Labute approximate surface area is 193 Å². The van der Waals surface area contributed by atoms with Crippen LogP contribution in [0.3, 0.4) is 0 Å². The fourth-order valence-electron chi connectivity index (χ4n) is 3.24. The van der Waals surface area contributed by atoms with E-state index in [2.05, 4.69) is 20.7 Å². The second-order valence-corrected chi connectivity index (χ2v) is 10.5. The number of ether oxygens (including phenoxy) is 1. The van der Waals surface area contributed by atoms with Gasteiger partial charge in [0, 0.05) is 15.8 Å². The second-order valence-electron chi connectivity index (χ2n) is 6.81. The van der Waals surface area contributed by atoms with Gasteiger partial charge in [-0.3, -0.25) is 14.4 Å². The molecule has 9 heteroatoms. The summed E-state index contributed by atoms with van der Waals surface area (Å²) in [4.78, 5) is 14.5. The van der Waals surface area contributed by atoms with Crippen LogP contribution in [-0.2, 0) is 14.8 Å². The van der Waals surface area contributed by atoms with Crippen molar-refractivity contribution in [2.75, 3.05) is 22.5 Å². The summed E-state index contributed by atoms with van der Waals surface area (Å²) in [5.74, 6) is 1.14. The molecule has 4 rings (SSSR count). The topological polar surface area (TPSA) is 75.7 Å². The molecule has 1 atom stereocenters. The fraction of sp³-hybridized carbons (Fsp3) is 0.136. The molecule has 1 heterocycles. The third-order valence-corrected chi connectivity index (χ3v) is 7.93. The van der Waals surface area contributed by atoms with Crippen molar-refractivity contribution in [2.45, 2.75) is 10.3 Å². The molecule has 3 aromatic rings. The summed E-state index contributed by atoms with van der Waals surface area (Å²) in [6, 6.07) is 20.9. The van der Waals surface area contributed by atoms with Crippen molar-refractivity contribution >= 4 is 55.0 Å². The SMILES string of the molecule is COc1ccc(N2C(=O)CS[C@@H]2c2ccc(NS(=O)(=O)c3ccc(Br)cc3)cc2)cc1. The maximum atomic E-state index is 12.6. The summed E-state index contributed by atoms with van der Waals surface area (Å²) in [6.45, 7) is 0. The third-order valence-electron chi connectivity index (χ3n) is 4.79. The van der Waals surface area contributed by atoms with Gasteiger partial charge in [0.1, 0.15) is 11.1 Å². The number of carbonyl (C=O) groups is 1. The minimum Gasteiger partial charge on any atom is -0.497 e. The molecule has 0 unspecified atom stereocenters. The molecule has 1 N–H and O–H groups in total. The van der Waals surface area contributed by atoms with Gasteiger partial charge < -0.3 is 4.74 Å². The van der Waals surface area contributed by atoms with Crippen LogP contribution in [0.1, 0.15) is 10.9 Å². The molecule has 0 spiro atoms. The first-order valence-electron chi connectivity index (χ1n) is 9.33. The van der Waals surface area contributed by atoms with Crippen molar-refractivity contribution < 1.29 is 17.9 Å². The van der Waals surface area contributed by atoms with Crippen LogP contribution >= 0.6 is 27.7 Å². The minimum atomic E-state index is -3.68. The number of methoxy groups -OCH3 is 1. The lowest BCUT2D eigenvalue weighted by Gasteiger charge is -2.24. The lowest BCUT2D eigenvalue weighted by atomic mass is 10.1. The normalized spacial score (nSPS) is 16.4. The summed E-state index contributed by atoms with van der Waals surface area (Å²) in [5.41, 5.74) is 2.16. The maximum absolute atomic E-state index is 12.6. The van der Waals surface area contributed by atoms with E-state index in [4.69, 9.17) is 4.74 Å². The van der Waals surface area contributed by atoms with Crippen LogP contribution in [0.25, 0.3) is 0 Å². The molecular weight excluding hydrogens is 500 g/mol. The Morgan fingerprint density at radius 3 is 2.26 bits per heavy atom. The number of rotatable bonds is 6. The predicted octanol–water partition coefficient (Wildman–Crippen LogP) is 5.04. The van der Waals surface area contributed by atoms with E-state index in [0.717, 1.165) is 21.5 Å². The van der Waals surface area contributed by atoms with Crippen LogP contribution in [0.4, 0.5) is 11.4 Å². The van der Waals surface area contributed by atoms with Crippen molar-refractivity contribution in [2.24, 2.45) is 0 Å². The Morgan fingerprint density at radius 1 is 1.00 bits per heavy atom. The van der Waals surface area contributed by atoms with E-state index in [-0.39, 0.29) is 16.2 Å². The molecule has 1 amide bonds. The van der Waals surface area contributed by atoms with E-state index in [1.807, 2.05) is 36.4 Å². The molecule has 0 saturated carbocycles. The van der Waals surface area contributed by atoms with E-state index >= 15 is 0 Å². The predicted molar refractivity (Wildman–Crippen MR) is 127 cm³/mol. The quantitative estimate of drug-likeness (QED) is 0.494. The van der Waals surface area contributed by atoms with Crippen LogP contribution in [0.2, 0.25) is 0 Å². The van der Waals surface area contributed by atoms with Crippen LogP contribution in [0.5, 0.6) is 5.75 Å². The molecule has 6 nitrogen and oxygen atoms in total. The maximum Gasteiger partial charge on any atom is 0.261 e. The summed E-state index contributed by atoms with van der Waals surface area (Å²) in [6.07, 6.45) is 0. The second kappa shape index (κ2) is 8.94. The molecule has 1 aliphatic heterocycles. The van der Waals surface area contributed by atoms with E-state index in [1.54, 1.807) is 36.3 Å². The van der Waals surface area contributed by atoms with E-state index < -0.39 is 10.0 Å². The molecule has 0 radical (unpaired) electrons. The number of thioether (sulfide) groups is 1. The average molecular weight is 519 g/mol. The standard InChI is InChI=1S/C22H19BrN2O4S2/c1-29-19-10-8-18(9-11-19)25-21(26)14-30-22(25)15-2-6-17(7-3-15)24-31(27,28)20-12-4-16(23)5-13-20/h2-13,22,24H,14H2,1H3/t22-/m1/s1. The van der Waals surface area contributed by atoms with Crippen LogP contribution in [0, 0.1) is 0 Å². The lowest BCUT2D eigenvalue weighted by molar-refractivity contribution is -0.115. The highest BCUT2D eigenvalue weighted by atomic mass is 79.9. The van der Waals surface area contributed by atoms with E-state index in [1.165, 1.54) is 23.9 Å². The molecule has 1 fully saturated rings. The first-order valence-corrected chi connectivity index (χ1v) is 12.7. The van der Waals surface area contributed by atoms with Crippen molar-refractivity contribution in [3.05, 3.63) is 82.8 Å². The zero-order valence-corrected chi connectivity index (χ0v) is 19.7. The molecule has 3 aromatic carbocycles. The van der Waals surface area contributed by atoms with Crippen LogP contribution < -0.4 is 14.4 Å². The number of hydrogen-bond acceptors (Lipinski definition) is 5. The summed E-state index contributed by atoms with van der Waals surface area (Å²) in [5, 5.41) is -0.182. The number of halogens is 1. The van der Waals surface area contributed by atoms with Gasteiger partial charge in [-0.05, 0) is 66.2 Å². The number of carbonyl (C=O) groups excluding carboxylic acids is 1. The van der Waals surface area contributed by atoms with Crippen LogP contribution in [0.15, 0.2) is 82.2 Å². The largest absolute Gasteiger partial charge is 0.497 e. The zero-order chi connectivity index (χ0) is 22.0. The number of benzene rings is 3. The van der Waals surface area contributed by atoms with E-state index in [9.17, 15) is 13.2 Å². The first-order chi connectivity index (χ1) is 14.9. The highest BCUT2D eigenvalue weighted by Gasteiger charge is 2.34. The Balaban J connectivity index is 1.54.